The average molecular weight is 319 g/mol. The maximum absolute atomic E-state index is 5.91. The molecule has 2 nitrogen and oxygen atoms in total. The van der Waals surface area contributed by atoms with Crippen molar-refractivity contribution in [2.75, 3.05) is 12.3 Å². The third kappa shape index (κ3) is 1.56. The zero-order valence-corrected chi connectivity index (χ0v) is 10.7. The summed E-state index contributed by atoms with van der Waals surface area (Å²) in [5.74, 6) is 0.935. The van der Waals surface area contributed by atoms with Crippen LogP contribution in [0.1, 0.15) is 6.92 Å². The number of hydrogen-bond donors (Lipinski definition) is 1. The summed E-state index contributed by atoms with van der Waals surface area (Å²) in [7, 11) is 0. The Morgan fingerprint density at radius 3 is 3.00 bits per heavy atom. The zero-order chi connectivity index (χ0) is 10.1. The van der Waals surface area contributed by atoms with Gasteiger partial charge >= 0.3 is 0 Å². The summed E-state index contributed by atoms with van der Waals surface area (Å²) in [6.45, 7) is 2.67. The summed E-state index contributed by atoms with van der Waals surface area (Å²) in [4.78, 5) is 0. The van der Waals surface area contributed by atoms with E-state index in [1.165, 1.54) is 3.57 Å². The zero-order valence-electron chi connectivity index (χ0n) is 7.71. The lowest BCUT2D eigenvalue weighted by molar-refractivity contribution is 0.345. The number of anilines is 1. The van der Waals surface area contributed by atoms with Gasteiger partial charge in [0.15, 0.2) is 0 Å². The third-order valence-electron chi connectivity index (χ3n) is 1.97. The predicted molar refractivity (Wildman–Crippen MR) is 70.1 cm³/mol. The van der Waals surface area contributed by atoms with Gasteiger partial charge in [-0.3, -0.25) is 0 Å². The largest absolute Gasteiger partial charge is 0.492 e. The van der Waals surface area contributed by atoms with Crippen LogP contribution in [-0.2, 0) is 0 Å². The van der Waals surface area contributed by atoms with Gasteiger partial charge in [0.1, 0.15) is 5.75 Å². The summed E-state index contributed by atoms with van der Waals surface area (Å²) in [6.07, 6.45) is 0. The molecule has 0 aliphatic heterocycles. The van der Waals surface area contributed by atoms with E-state index >= 15 is 0 Å². The van der Waals surface area contributed by atoms with Crippen LogP contribution in [0.3, 0.4) is 0 Å². The van der Waals surface area contributed by atoms with Gasteiger partial charge in [0.2, 0.25) is 0 Å². The summed E-state index contributed by atoms with van der Waals surface area (Å²) in [6, 6.07) is 3.84. The molecule has 1 aromatic carbocycles. The molecule has 0 radical (unpaired) electrons. The molecule has 14 heavy (non-hydrogen) atoms. The topological polar surface area (TPSA) is 35.2 Å². The normalized spacial score (nSPS) is 10.7. The molecule has 0 fully saturated rings. The van der Waals surface area contributed by atoms with E-state index in [2.05, 4.69) is 28.0 Å². The number of hydrogen-bond acceptors (Lipinski definition) is 3. The number of thiophene rings is 1. The summed E-state index contributed by atoms with van der Waals surface area (Å²) in [5.41, 5.74) is 6.74. The summed E-state index contributed by atoms with van der Waals surface area (Å²) < 4.78 is 7.88. The van der Waals surface area contributed by atoms with Crippen LogP contribution in [0.5, 0.6) is 5.75 Å². The van der Waals surface area contributed by atoms with E-state index < -0.39 is 0 Å². The van der Waals surface area contributed by atoms with Crippen molar-refractivity contribution in [3.8, 4) is 5.75 Å². The predicted octanol–water partition coefficient (Wildman–Crippen LogP) is 3.49. The monoisotopic (exact) mass is 319 g/mol. The van der Waals surface area contributed by atoms with Crippen LogP contribution in [0, 0.1) is 3.57 Å². The highest BCUT2D eigenvalue weighted by atomic mass is 127. The molecule has 4 heteroatoms. The fourth-order valence-electron chi connectivity index (χ4n) is 1.38. The van der Waals surface area contributed by atoms with Crippen LogP contribution in [0.4, 0.5) is 5.69 Å². The van der Waals surface area contributed by atoms with Crippen molar-refractivity contribution in [3.05, 3.63) is 21.1 Å². The highest BCUT2D eigenvalue weighted by Crippen LogP contribution is 2.38. The Balaban J connectivity index is 2.70. The van der Waals surface area contributed by atoms with E-state index in [1.54, 1.807) is 11.3 Å². The van der Waals surface area contributed by atoms with E-state index in [-0.39, 0.29) is 0 Å². The van der Waals surface area contributed by atoms with Gasteiger partial charge in [-0.15, -0.1) is 11.3 Å². The van der Waals surface area contributed by atoms with Crippen LogP contribution < -0.4 is 10.5 Å². The first kappa shape index (κ1) is 10.0. The third-order valence-corrected chi connectivity index (χ3v) is 4.24. The Labute approximate surface area is 100 Å². The van der Waals surface area contributed by atoms with Gasteiger partial charge in [-0.1, -0.05) is 0 Å². The molecule has 0 aliphatic carbocycles. The van der Waals surface area contributed by atoms with Gasteiger partial charge in [-0.05, 0) is 41.6 Å². The molecule has 0 saturated heterocycles. The number of nitrogen functional groups attached to an aromatic ring is 1. The van der Waals surface area contributed by atoms with Crippen molar-refractivity contribution in [1.29, 1.82) is 0 Å². The molecule has 0 saturated carbocycles. The molecule has 0 atom stereocenters. The lowest BCUT2D eigenvalue weighted by Gasteiger charge is -2.05. The van der Waals surface area contributed by atoms with Crippen molar-refractivity contribution in [3.63, 3.8) is 0 Å². The standard InChI is InChI=1S/C10H10INOS/c1-2-13-8-4-3-7(12)9-6(11)5-14-10(8)9/h3-5H,2,12H2,1H3. The molecular weight excluding hydrogens is 309 g/mol. The van der Waals surface area contributed by atoms with Crippen molar-refractivity contribution < 1.29 is 4.74 Å². The minimum absolute atomic E-state index is 0.688. The van der Waals surface area contributed by atoms with Gasteiger partial charge in [-0.2, -0.15) is 0 Å². The van der Waals surface area contributed by atoms with Crippen LogP contribution in [0.2, 0.25) is 0 Å². The van der Waals surface area contributed by atoms with Crippen LogP contribution in [-0.4, -0.2) is 6.61 Å². The SMILES string of the molecule is CCOc1ccc(N)c2c(I)csc12. The lowest BCUT2D eigenvalue weighted by Crippen LogP contribution is -1.93. The van der Waals surface area contributed by atoms with Crippen LogP contribution in [0.15, 0.2) is 17.5 Å². The number of fused-ring (bicyclic) bond motifs is 1. The van der Waals surface area contributed by atoms with Crippen molar-refractivity contribution in [2.24, 2.45) is 0 Å². The molecule has 1 aromatic heterocycles. The van der Waals surface area contributed by atoms with Gasteiger partial charge in [0.05, 0.1) is 11.3 Å². The van der Waals surface area contributed by atoms with Gasteiger partial charge < -0.3 is 10.5 Å². The van der Waals surface area contributed by atoms with Gasteiger partial charge in [-0.25, -0.2) is 0 Å². The molecule has 0 spiro atoms. The van der Waals surface area contributed by atoms with Crippen molar-refractivity contribution in [1.82, 2.24) is 0 Å². The highest BCUT2D eigenvalue weighted by Gasteiger charge is 2.09. The minimum Gasteiger partial charge on any atom is -0.492 e. The molecule has 2 aromatic rings. The first-order chi connectivity index (χ1) is 6.74. The summed E-state index contributed by atoms with van der Waals surface area (Å²) >= 11 is 3.98. The maximum Gasteiger partial charge on any atom is 0.137 e. The lowest BCUT2D eigenvalue weighted by atomic mass is 10.2. The summed E-state index contributed by atoms with van der Waals surface area (Å²) in [5, 5.41) is 3.23. The second-order valence-electron chi connectivity index (χ2n) is 2.87. The van der Waals surface area contributed by atoms with E-state index in [0.717, 1.165) is 21.5 Å². The molecule has 2 N–H and O–H groups in total. The van der Waals surface area contributed by atoms with Crippen molar-refractivity contribution >= 4 is 49.7 Å². The van der Waals surface area contributed by atoms with Gasteiger partial charge in [0, 0.05) is 20.0 Å². The number of nitrogens with two attached hydrogens (primary N) is 1. The molecule has 0 aliphatic rings. The van der Waals surface area contributed by atoms with Crippen LogP contribution >= 0.6 is 33.9 Å². The number of benzene rings is 1. The highest BCUT2D eigenvalue weighted by molar-refractivity contribution is 14.1. The molecule has 0 bridgehead atoms. The maximum atomic E-state index is 5.91. The molecule has 74 valence electrons. The fraction of sp³-hybridized carbons (Fsp3) is 0.200. The smallest absolute Gasteiger partial charge is 0.137 e. The Morgan fingerprint density at radius 1 is 1.50 bits per heavy atom. The van der Waals surface area contributed by atoms with Crippen LogP contribution in [0.25, 0.3) is 10.1 Å². The fourth-order valence-corrected chi connectivity index (χ4v) is 3.45. The Hall–Kier alpha value is -0.490. The average Bonchev–Trinajstić information content (AvgIpc) is 2.54. The first-order valence-corrected chi connectivity index (χ1v) is 6.28. The number of ether oxygens (including phenoxy) is 1. The molecule has 1 heterocycles. The van der Waals surface area contributed by atoms with E-state index in [9.17, 15) is 0 Å². The van der Waals surface area contributed by atoms with E-state index in [0.29, 0.717) is 6.61 Å². The number of rotatable bonds is 2. The van der Waals surface area contributed by atoms with Gasteiger partial charge in [0.25, 0.3) is 0 Å². The Bertz CT molecular complexity index is 466. The Kier molecular flexibility index (Phi) is 2.83. The second-order valence-corrected chi connectivity index (χ2v) is 4.92. The first-order valence-electron chi connectivity index (χ1n) is 4.32. The molecule has 0 unspecified atom stereocenters. The molecule has 0 amide bonds. The Morgan fingerprint density at radius 2 is 2.29 bits per heavy atom. The van der Waals surface area contributed by atoms with E-state index in [1.807, 2.05) is 19.1 Å². The second kappa shape index (κ2) is 3.94. The van der Waals surface area contributed by atoms with Crippen molar-refractivity contribution in [2.45, 2.75) is 6.92 Å². The molecular formula is C10H10INOS. The van der Waals surface area contributed by atoms with E-state index in [4.69, 9.17) is 10.5 Å². The quantitative estimate of drug-likeness (QED) is 0.679. The minimum atomic E-state index is 0.688. The number of halogens is 1. The molecule has 2 rings (SSSR count).